The lowest BCUT2D eigenvalue weighted by Crippen LogP contribution is -2.51. The quantitative estimate of drug-likeness (QED) is 0.131. The second-order valence-corrected chi connectivity index (χ2v) is 18.2. The molecule has 8 rings (SSSR count). The zero-order chi connectivity index (χ0) is 47.3. The van der Waals surface area contributed by atoms with Crippen molar-refractivity contribution in [1.82, 2.24) is 44.3 Å². The first-order chi connectivity index (χ1) is 31.3. The molecular formula is C39H37F8N11O6S2. The predicted molar refractivity (Wildman–Crippen MR) is 218 cm³/mol. The highest BCUT2D eigenvalue weighted by Crippen LogP contribution is 2.34. The monoisotopic (exact) mass is 971 g/mol. The summed E-state index contributed by atoms with van der Waals surface area (Å²) in [5, 5.41) is 15.5. The Balaban J connectivity index is 0.000000196. The maximum Gasteiger partial charge on any atom is 0.470 e. The van der Waals surface area contributed by atoms with Gasteiger partial charge in [0.2, 0.25) is 11.8 Å². The third-order valence-electron chi connectivity index (χ3n) is 10.0. The Labute approximate surface area is 371 Å². The first kappa shape index (κ1) is 47.8. The zero-order valence-electron chi connectivity index (χ0n) is 34.1. The molecule has 66 heavy (non-hydrogen) atoms. The topological polar surface area (TPSA) is 197 Å². The third kappa shape index (κ3) is 11.1. The molecule has 2 aliphatic rings. The first-order valence-corrected chi connectivity index (χ1v) is 22.6. The van der Waals surface area contributed by atoms with Gasteiger partial charge < -0.3 is 14.2 Å². The van der Waals surface area contributed by atoms with Gasteiger partial charge in [-0.25, -0.2) is 8.78 Å². The standard InChI is InChI=1S/C20H19F4N5O3S.C19H18F4N6O3S/c21-17-11-14(18-26-27-19(32-18)20(22,23)24)6-7-15(17)13-29(16-5-4-8-25-12-16)33(30,31)28-9-2-1-3-10-28;20-16-10-13(17-26-27-18(32-17)19(21,22)23)3-4-14(16)12-29(15-2-1-5-25-11-15)33(30,31)28-8-6-24-7-9-28/h4-8,11-12H,1-3,9-10,13H2;1-5,10-11,24H,6-9,12H2. The number of pyridine rings is 2. The molecule has 0 aliphatic carbocycles. The number of piperazine rings is 1. The van der Waals surface area contributed by atoms with Crippen LogP contribution in [0.25, 0.3) is 22.9 Å². The van der Waals surface area contributed by atoms with Crippen molar-refractivity contribution >= 4 is 31.8 Å². The number of hydrogen-bond acceptors (Lipinski definition) is 13. The smallest absolute Gasteiger partial charge is 0.413 e. The van der Waals surface area contributed by atoms with Crippen molar-refractivity contribution in [2.24, 2.45) is 0 Å². The molecule has 4 aromatic heterocycles. The number of halogens is 8. The molecule has 0 atom stereocenters. The van der Waals surface area contributed by atoms with E-state index >= 15 is 0 Å². The Morgan fingerprint density at radius 3 is 1.38 bits per heavy atom. The number of nitrogens with zero attached hydrogens (tertiary/aromatic N) is 10. The van der Waals surface area contributed by atoms with E-state index in [1.165, 1.54) is 63.7 Å². The number of aromatic nitrogens is 6. The van der Waals surface area contributed by atoms with E-state index in [0.29, 0.717) is 26.2 Å². The summed E-state index contributed by atoms with van der Waals surface area (Å²) >= 11 is 0. The van der Waals surface area contributed by atoms with Crippen molar-refractivity contribution in [3.63, 3.8) is 0 Å². The van der Waals surface area contributed by atoms with Gasteiger partial charge in [-0.1, -0.05) is 18.6 Å². The molecule has 2 saturated heterocycles. The molecule has 6 heterocycles. The van der Waals surface area contributed by atoms with E-state index in [1.807, 2.05) is 0 Å². The largest absolute Gasteiger partial charge is 0.470 e. The van der Waals surface area contributed by atoms with Gasteiger partial charge in [0.05, 0.1) is 36.9 Å². The fraction of sp³-hybridized carbons (Fsp3) is 0.333. The minimum Gasteiger partial charge on any atom is -0.413 e. The Morgan fingerprint density at radius 2 is 1.02 bits per heavy atom. The van der Waals surface area contributed by atoms with E-state index in [0.717, 1.165) is 40.0 Å². The summed E-state index contributed by atoms with van der Waals surface area (Å²) in [5.41, 5.74) is 0.378. The summed E-state index contributed by atoms with van der Waals surface area (Å²) in [4.78, 5) is 7.92. The number of anilines is 2. The minimum absolute atomic E-state index is 0.00290. The second-order valence-electron chi connectivity index (χ2n) is 14.5. The van der Waals surface area contributed by atoms with Gasteiger partial charge in [-0.15, -0.1) is 20.4 Å². The maximum atomic E-state index is 14.9. The van der Waals surface area contributed by atoms with Crippen LogP contribution in [0.2, 0.25) is 0 Å². The highest BCUT2D eigenvalue weighted by molar-refractivity contribution is 7.90. The maximum absolute atomic E-state index is 14.9. The highest BCUT2D eigenvalue weighted by Gasteiger charge is 2.40. The molecule has 0 unspecified atom stereocenters. The Morgan fingerprint density at radius 1 is 0.591 bits per heavy atom. The number of alkyl halides is 6. The second kappa shape index (κ2) is 19.7. The molecule has 27 heteroatoms. The van der Waals surface area contributed by atoms with Crippen molar-refractivity contribution in [3.8, 4) is 22.9 Å². The van der Waals surface area contributed by atoms with E-state index in [2.05, 4.69) is 44.5 Å². The zero-order valence-corrected chi connectivity index (χ0v) is 35.8. The first-order valence-electron chi connectivity index (χ1n) is 19.8. The van der Waals surface area contributed by atoms with Gasteiger partial charge in [0.15, 0.2) is 0 Å². The van der Waals surface area contributed by atoms with Gasteiger partial charge in [0, 0.05) is 73.9 Å². The van der Waals surface area contributed by atoms with Crippen LogP contribution in [0.3, 0.4) is 0 Å². The van der Waals surface area contributed by atoms with Gasteiger partial charge in [-0.3, -0.25) is 18.6 Å². The molecule has 6 aromatic rings. The lowest BCUT2D eigenvalue weighted by molar-refractivity contribution is -0.157. The van der Waals surface area contributed by atoms with Crippen molar-refractivity contribution in [2.45, 2.75) is 44.7 Å². The summed E-state index contributed by atoms with van der Waals surface area (Å²) in [6.45, 7) is 1.48. The fourth-order valence-corrected chi connectivity index (χ4v) is 9.97. The molecule has 1 N–H and O–H groups in total. The lowest BCUT2D eigenvalue weighted by Gasteiger charge is -2.33. The SMILES string of the molecule is O=S(=O)(N1CCCCC1)N(Cc1ccc(-c2nnc(C(F)(F)F)o2)cc1F)c1cccnc1.O=S(=O)(N1CCNCC1)N(Cc1ccc(-c2nnc(C(F)(F)F)o2)cc1F)c1cccnc1. The van der Waals surface area contributed by atoms with E-state index in [9.17, 15) is 52.0 Å². The normalized spacial score (nSPS) is 15.5. The molecule has 2 fully saturated rings. The van der Waals surface area contributed by atoms with E-state index in [-0.39, 0.29) is 59.8 Å². The Kier molecular flexibility index (Phi) is 14.3. The average molecular weight is 972 g/mol. The molecule has 17 nitrogen and oxygen atoms in total. The molecule has 0 amide bonds. The van der Waals surface area contributed by atoms with Crippen LogP contribution in [-0.4, -0.2) is 95.1 Å². The Hall–Kier alpha value is -6.16. The molecule has 2 aliphatic heterocycles. The molecule has 352 valence electrons. The molecule has 2 aromatic carbocycles. The van der Waals surface area contributed by atoms with Crippen LogP contribution in [0.5, 0.6) is 0 Å². The predicted octanol–water partition coefficient (Wildman–Crippen LogP) is 6.47. The molecule has 0 spiro atoms. The van der Waals surface area contributed by atoms with Crippen LogP contribution in [0.15, 0.2) is 94.3 Å². The summed E-state index contributed by atoms with van der Waals surface area (Å²) in [7, 11) is -7.99. The molecule has 0 bridgehead atoms. The van der Waals surface area contributed by atoms with Crippen molar-refractivity contribution in [3.05, 3.63) is 120 Å². The lowest BCUT2D eigenvalue weighted by atomic mass is 10.1. The fourth-order valence-electron chi connectivity index (χ4n) is 6.70. The summed E-state index contributed by atoms with van der Waals surface area (Å²) in [6, 6.07) is 13.2. The number of hydrogen-bond donors (Lipinski definition) is 1. The van der Waals surface area contributed by atoms with Crippen molar-refractivity contribution in [1.29, 1.82) is 0 Å². The molecular weight excluding hydrogens is 935 g/mol. The number of piperidine rings is 1. The van der Waals surface area contributed by atoms with Crippen LogP contribution < -0.4 is 13.9 Å². The average Bonchev–Trinajstić information content (AvgIpc) is 4.02. The van der Waals surface area contributed by atoms with Crippen LogP contribution in [0.4, 0.5) is 46.5 Å². The highest BCUT2D eigenvalue weighted by atomic mass is 32.2. The van der Waals surface area contributed by atoms with Crippen molar-refractivity contribution in [2.75, 3.05) is 47.9 Å². The van der Waals surface area contributed by atoms with E-state index < -0.39 is 68.0 Å². The number of nitrogens with one attached hydrogen (secondary N) is 1. The van der Waals surface area contributed by atoms with Crippen LogP contribution >= 0.6 is 0 Å². The van der Waals surface area contributed by atoms with Gasteiger partial charge >= 0.3 is 44.6 Å². The van der Waals surface area contributed by atoms with Crippen molar-refractivity contribution < 1.29 is 60.8 Å². The van der Waals surface area contributed by atoms with E-state index in [1.54, 1.807) is 18.2 Å². The van der Waals surface area contributed by atoms with Gasteiger partial charge in [0.1, 0.15) is 11.6 Å². The number of benzene rings is 2. The van der Waals surface area contributed by atoms with Crippen LogP contribution in [0, 0.1) is 11.6 Å². The summed E-state index contributed by atoms with van der Waals surface area (Å²) < 4.78 is 173. The van der Waals surface area contributed by atoms with Gasteiger partial charge in [-0.05, 0) is 61.4 Å². The molecule has 0 saturated carbocycles. The van der Waals surface area contributed by atoms with Gasteiger partial charge in [0.25, 0.3) is 0 Å². The summed E-state index contributed by atoms with van der Waals surface area (Å²) in [6.07, 6.45) is -1.57. The Bertz CT molecular complexity index is 2620. The van der Waals surface area contributed by atoms with Gasteiger partial charge in [-0.2, -0.15) is 51.8 Å². The number of rotatable bonds is 12. The summed E-state index contributed by atoms with van der Waals surface area (Å²) in [5.74, 6) is -5.78. The molecule has 0 radical (unpaired) electrons. The van der Waals surface area contributed by atoms with Crippen LogP contribution in [0.1, 0.15) is 42.2 Å². The van der Waals surface area contributed by atoms with E-state index in [4.69, 9.17) is 0 Å². The van der Waals surface area contributed by atoms with Crippen LogP contribution in [-0.2, 0) is 45.9 Å². The third-order valence-corrected chi connectivity index (χ3v) is 13.9. The minimum atomic E-state index is -4.83.